The molecule has 2 saturated heterocycles. The minimum atomic E-state index is -4.75. The van der Waals surface area contributed by atoms with Crippen LogP contribution in [-0.4, -0.2) is 65.3 Å². The van der Waals surface area contributed by atoms with Crippen LogP contribution in [0.5, 0.6) is 5.75 Å². The highest BCUT2D eigenvalue weighted by Gasteiger charge is 2.31. The number of carbonyl (C=O) groups excluding carboxylic acids is 1. The third-order valence-electron chi connectivity index (χ3n) is 9.34. The first-order chi connectivity index (χ1) is 22.7. The number of alkyl halides is 3. The van der Waals surface area contributed by atoms with Crippen molar-refractivity contribution in [1.29, 1.82) is 0 Å². The van der Waals surface area contributed by atoms with Gasteiger partial charge in [-0.15, -0.1) is 13.2 Å². The van der Waals surface area contributed by atoms with Gasteiger partial charge in [0.2, 0.25) is 0 Å². The number of piperidine rings is 1. The molecular formula is C37H42F4N4O2. The van der Waals surface area contributed by atoms with Crippen LogP contribution in [-0.2, 0) is 24.4 Å². The molecule has 2 aliphatic rings. The lowest BCUT2D eigenvalue weighted by atomic mass is 9.98. The number of Topliss-reactive ketones (excluding diaryl/α,β-unsaturated/α-hetero) is 1. The summed E-state index contributed by atoms with van der Waals surface area (Å²) in [6, 6.07) is 19.4. The molecule has 1 N–H and O–H groups in total. The Balaban J connectivity index is 1.15. The van der Waals surface area contributed by atoms with Crippen LogP contribution in [0.15, 0.2) is 72.9 Å². The van der Waals surface area contributed by atoms with Crippen molar-refractivity contribution in [3.8, 4) is 16.9 Å². The maximum Gasteiger partial charge on any atom is 0.573 e. The molecule has 47 heavy (non-hydrogen) atoms. The molecule has 250 valence electrons. The van der Waals surface area contributed by atoms with Crippen LogP contribution in [0.1, 0.15) is 49.7 Å². The molecule has 0 bridgehead atoms. The van der Waals surface area contributed by atoms with Crippen molar-refractivity contribution in [2.45, 2.75) is 70.6 Å². The van der Waals surface area contributed by atoms with Gasteiger partial charge < -0.3 is 14.6 Å². The molecule has 0 aliphatic carbocycles. The molecule has 1 aromatic heterocycles. The number of hydrogen-bond donors (Lipinski definition) is 1. The number of nitrogens with zero attached hydrogens (tertiary/aromatic N) is 3. The van der Waals surface area contributed by atoms with E-state index in [1.54, 1.807) is 18.2 Å². The zero-order chi connectivity index (χ0) is 32.8. The maximum absolute atomic E-state index is 14.2. The van der Waals surface area contributed by atoms with Crippen molar-refractivity contribution < 1.29 is 27.1 Å². The highest BCUT2D eigenvalue weighted by Crippen LogP contribution is 2.34. The Hall–Kier alpha value is -3.73. The molecule has 2 fully saturated rings. The molecule has 10 heteroatoms. The normalized spacial score (nSPS) is 18.1. The molecule has 0 amide bonds. The Kier molecular flexibility index (Phi) is 10.6. The fraction of sp³-hybridized carbons (Fsp3) is 0.432. The van der Waals surface area contributed by atoms with Gasteiger partial charge in [0.15, 0.2) is 0 Å². The van der Waals surface area contributed by atoms with Gasteiger partial charge in [-0.25, -0.2) is 4.39 Å². The summed E-state index contributed by atoms with van der Waals surface area (Å²) in [6.45, 7) is 6.46. The van der Waals surface area contributed by atoms with E-state index in [2.05, 4.69) is 48.8 Å². The number of nitrogens with one attached hydrogen (secondary N) is 1. The van der Waals surface area contributed by atoms with E-state index >= 15 is 0 Å². The third-order valence-corrected chi connectivity index (χ3v) is 9.34. The van der Waals surface area contributed by atoms with E-state index in [0.717, 1.165) is 106 Å². The second-order valence-corrected chi connectivity index (χ2v) is 12.7. The van der Waals surface area contributed by atoms with E-state index in [-0.39, 0.29) is 17.6 Å². The molecule has 1 unspecified atom stereocenters. The summed E-state index contributed by atoms with van der Waals surface area (Å²) >= 11 is 0. The van der Waals surface area contributed by atoms with Crippen LogP contribution in [0.25, 0.3) is 22.0 Å². The Bertz CT molecular complexity index is 1640. The molecule has 3 heterocycles. The number of aryl methyl sites for hydroxylation is 1. The van der Waals surface area contributed by atoms with E-state index in [0.29, 0.717) is 24.3 Å². The number of ketones is 1. The van der Waals surface area contributed by atoms with Crippen LogP contribution in [0, 0.1) is 5.82 Å². The first-order valence-corrected chi connectivity index (χ1v) is 16.6. The van der Waals surface area contributed by atoms with E-state index in [4.69, 9.17) is 0 Å². The van der Waals surface area contributed by atoms with Gasteiger partial charge in [0, 0.05) is 80.5 Å². The van der Waals surface area contributed by atoms with Crippen LogP contribution in [0.3, 0.4) is 0 Å². The van der Waals surface area contributed by atoms with Gasteiger partial charge >= 0.3 is 6.36 Å². The number of piperazine rings is 1. The predicted molar refractivity (Wildman–Crippen MR) is 176 cm³/mol. The first-order valence-electron chi connectivity index (χ1n) is 16.6. The lowest BCUT2D eigenvalue weighted by molar-refractivity contribution is -0.274. The largest absolute Gasteiger partial charge is 0.573 e. The molecule has 0 saturated carbocycles. The van der Waals surface area contributed by atoms with E-state index in [1.165, 1.54) is 18.2 Å². The van der Waals surface area contributed by atoms with Crippen LogP contribution < -0.4 is 10.1 Å². The number of hydrogen-bond acceptors (Lipinski definition) is 5. The molecule has 2 aliphatic heterocycles. The number of halogens is 4. The smallest absolute Gasteiger partial charge is 0.406 e. The van der Waals surface area contributed by atoms with Crippen LogP contribution in [0.2, 0.25) is 0 Å². The summed E-state index contributed by atoms with van der Waals surface area (Å²) in [5.41, 5.74) is 4.67. The van der Waals surface area contributed by atoms with Gasteiger partial charge in [-0.2, -0.15) is 0 Å². The number of rotatable bonds is 12. The number of unbranched alkanes of at least 4 members (excludes halogenated alkanes) is 1. The molecule has 6 rings (SSSR count). The zero-order valence-electron chi connectivity index (χ0n) is 26.6. The van der Waals surface area contributed by atoms with Crippen molar-refractivity contribution in [1.82, 2.24) is 19.7 Å². The Morgan fingerprint density at radius 1 is 0.894 bits per heavy atom. The first kappa shape index (κ1) is 33.2. The topological polar surface area (TPSA) is 49.7 Å². The molecule has 0 spiro atoms. The third kappa shape index (κ3) is 8.80. The SMILES string of the molecule is O=C(CCCCn1cc(-c2ccc(OC(F)(F)F)cc2)c2cc(CN3CCN(Cc4ccccc4F)CC3)ccc21)C1CCCCN1. The van der Waals surface area contributed by atoms with Crippen molar-refractivity contribution in [2.24, 2.45) is 0 Å². The zero-order valence-corrected chi connectivity index (χ0v) is 26.6. The average molecular weight is 651 g/mol. The number of ether oxygens (including phenoxy) is 1. The van der Waals surface area contributed by atoms with E-state index in [9.17, 15) is 22.4 Å². The minimum Gasteiger partial charge on any atom is -0.406 e. The molecule has 3 aromatic carbocycles. The maximum atomic E-state index is 14.2. The number of fused-ring (bicyclic) bond motifs is 1. The van der Waals surface area contributed by atoms with Crippen molar-refractivity contribution >= 4 is 16.7 Å². The number of carbonyl (C=O) groups is 1. The van der Waals surface area contributed by atoms with Crippen LogP contribution >= 0.6 is 0 Å². The molecule has 4 aromatic rings. The molecular weight excluding hydrogens is 608 g/mol. The molecule has 1 atom stereocenters. The average Bonchev–Trinajstić information content (AvgIpc) is 3.42. The standard InChI is InChI=1S/C37H42F4N4O2/c38-33-8-2-1-7-29(33)25-44-21-19-43(20-22-44)24-27-11-16-35-31(23-27)32(28-12-14-30(15-13-28)47-37(39,40)41)26-45(35)18-6-4-10-36(46)34-9-3-5-17-42-34/h1-2,7-8,11-16,23,26,34,42H,3-6,9-10,17-22,24-25H2. The Morgan fingerprint density at radius 2 is 1.64 bits per heavy atom. The second-order valence-electron chi connectivity index (χ2n) is 12.7. The van der Waals surface area contributed by atoms with E-state index in [1.807, 2.05) is 12.1 Å². The quantitative estimate of drug-likeness (QED) is 0.127. The van der Waals surface area contributed by atoms with Gasteiger partial charge in [-0.1, -0.05) is 42.8 Å². The fourth-order valence-corrected chi connectivity index (χ4v) is 6.81. The van der Waals surface area contributed by atoms with Crippen LogP contribution in [0.4, 0.5) is 17.6 Å². The molecule has 0 radical (unpaired) electrons. The van der Waals surface area contributed by atoms with Crippen molar-refractivity contribution in [3.63, 3.8) is 0 Å². The number of benzene rings is 3. The van der Waals surface area contributed by atoms with Gasteiger partial charge in [-0.05, 0) is 73.7 Å². The molecule has 6 nitrogen and oxygen atoms in total. The van der Waals surface area contributed by atoms with Gasteiger partial charge in [-0.3, -0.25) is 14.6 Å². The van der Waals surface area contributed by atoms with Crippen molar-refractivity contribution in [2.75, 3.05) is 32.7 Å². The minimum absolute atomic E-state index is 0.0136. The highest BCUT2D eigenvalue weighted by molar-refractivity contribution is 5.96. The monoisotopic (exact) mass is 650 g/mol. The second kappa shape index (κ2) is 15.0. The van der Waals surface area contributed by atoms with E-state index < -0.39 is 6.36 Å². The predicted octanol–water partition coefficient (Wildman–Crippen LogP) is 7.55. The lowest BCUT2D eigenvalue weighted by Gasteiger charge is -2.34. The summed E-state index contributed by atoms with van der Waals surface area (Å²) in [5, 5.41) is 4.38. The summed E-state index contributed by atoms with van der Waals surface area (Å²) in [5.74, 6) is -0.128. The van der Waals surface area contributed by atoms with Gasteiger partial charge in [0.05, 0.1) is 6.04 Å². The van der Waals surface area contributed by atoms with Gasteiger partial charge in [0.25, 0.3) is 0 Å². The summed E-state index contributed by atoms with van der Waals surface area (Å²) < 4.78 is 58.8. The summed E-state index contributed by atoms with van der Waals surface area (Å²) in [7, 11) is 0. The van der Waals surface area contributed by atoms with Crippen molar-refractivity contribution in [3.05, 3.63) is 89.9 Å². The number of aromatic nitrogens is 1. The lowest BCUT2D eigenvalue weighted by Crippen LogP contribution is -2.45. The Morgan fingerprint density at radius 3 is 2.34 bits per heavy atom. The van der Waals surface area contributed by atoms with Gasteiger partial charge in [0.1, 0.15) is 17.3 Å². The Labute approximate surface area is 273 Å². The highest BCUT2D eigenvalue weighted by atomic mass is 19.4. The summed E-state index contributed by atoms with van der Waals surface area (Å²) in [4.78, 5) is 17.3. The summed E-state index contributed by atoms with van der Waals surface area (Å²) in [6.07, 6.45) is 2.67. The fourth-order valence-electron chi connectivity index (χ4n) is 6.81.